The smallest absolute Gasteiger partial charge is 0.243 e. The van der Waals surface area contributed by atoms with Crippen LogP contribution in [0.25, 0.3) is 0 Å². The molecule has 0 saturated carbocycles. The van der Waals surface area contributed by atoms with E-state index in [4.69, 9.17) is 0 Å². The maximum absolute atomic E-state index is 12.9. The Kier molecular flexibility index (Phi) is 6.24. The first-order valence-corrected chi connectivity index (χ1v) is 11.6. The molecule has 1 fully saturated rings. The third-order valence-corrected chi connectivity index (χ3v) is 7.36. The molecule has 144 valence electrons. The number of hydrogen-bond donors (Lipinski definition) is 1. The molecule has 1 aliphatic rings. The number of benzene rings is 2. The van der Waals surface area contributed by atoms with Crippen molar-refractivity contribution in [3.63, 3.8) is 0 Å². The molecule has 1 atom stereocenters. The summed E-state index contributed by atoms with van der Waals surface area (Å²) in [6, 6.07) is 14.5. The molecule has 0 unspecified atom stereocenters. The molecule has 2 aromatic carbocycles. The molecule has 0 aromatic heterocycles. The van der Waals surface area contributed by atoms with Crippen molar-refractivity contribution in [2.45, 2.75) is 29.6 Å². The molecular formula is C20H24N2O3S2. The third-order valence-electron chi connectivity index (χ3n) is 4.75. The van der Waals surface area contributed by atoms with Crippen LogP contribution in [0.4, 0.5) is 5.69 Å². The first-order chi connectivity index (χ1) is 12.9. The van der Waals surface area contributed by atoms with Crippen molar-refractivity contribution in [3.8, 4) is 0 Å². The Bertz CT molecular complexity index is 911. The van der Waals surface area contributed by atoms with Gasteiger partial charge in [0.2, 0.25) is 15.9 Å². The number of amides is 1. The maximum atomic E-state index is 12.9. The second kappa shape index (κ2) is 8.46. The van der Waals surface area contributed by atoms with Crippen molar-refractivity contribution in [1.82, 2.24) is 4.31 Å². The number of nitrogens with zero attached hydrogens (tertiary/aromatic N) is 1. The SMILES string of the molecule is CSc1cccc(NC(=O)[C@H]2CCCN(S(=O)(=O)c3ccc(C)cc3)C2)c1. The van der Waals surface area contributed by atoms with Gasteiger partial charge in [0.05, 0.1) is 10.8 Å². The van der Waals surface area contributed by atoms with E-state index in [9.17, 15) is 13.2 Å². The van der Waals surface area contributed by atoms with Gasteiger partial charge in [0.15, 0.2) is 0 Å². The van der Waals surface area contributed by atoms with Gasteiger partial charge in [-0.3, -0.25) is 4.79 Å². The summed E-state index contributed by atoms with van der Waals surface area (Å²) in [5.74, 6) is -0.478. The number of sulfonamides is 1. The van der Waals surface area contributed by atoms with E-state index in [1.807, 2.05) is 37.4 Å². The second-order valence-electron chi connectivity index (χ2n) is 6.74. The number of aryl methyl sites for hydroxylation is 1. The number of thioether (sulfide) groups is 1. The minimum atomic E-state index is -3.58. The molecule has 5 nitrogen and oxygen atoms in total. The van der Waals surface area contributed by atoms with Gasteiger partial charge in [-0.05, 0) is 56.4 Å². The first-order valence-electron chi connectivity index (χ1n) is 8.92. The van der Waals surface area contributed by atoms with Crippen molar-refractivity contribution < 1.29 is 13.2 Å². The summed E-state index contributed by atoms with van der Waals surface area (Å²) in [6.45, 7) is 2.58. The van der Waals surface area contributed by atoms with E-state index in [0.717, 1.165) is 16.1 Å². The molecule has 27 heavy (non-hydrogen) atoms. The molecule has 0 aliphatic carbocycles. The van der Waals surface area contributed by atoms with Gasteiger partial charge in [0.1, 0.15) is 0 Å². The highest BCUT2D eigenvalue weighted by Gasteiger charge is 2.33. The minimum Gasteiger partial charge on any atom is -0.326 e. The first kappa shape index (κ1) is 19.9. The molecule has 1 N–H and O–H groups in total. The number of hydrogen-bond acceptors (Lipinski definition) is 4. The normalized spacial score (nSPS) is 18.2. The van der Waals surface area contributed by atoms with Crippen LogP contribution in [0.1, 0.15) is 18.4 Å². The summed E-state index contributed by atoms with van der Waals surface area (Å²) < 4.78 is 27.2. The van der Waals surface area contributed by atoms with Crippen LogP contribution in [0, 0.1) is 12.8 Å². The topological polar surface area (TPSA) is 66.5 Å². The Hall–Kier alpha value is -1.83. The van der Waals surface area contributed by atoms with E-state index in [-0.39, 0.29) is 23.3 Å². The van der Waals surface area contributed by atoms with Gasteiger partial charge in [-0.1, -0.05) is 23.8 Å². The molecule has 7 heteroatoms. The van der Waals surface area contributed by atoms with Gasteiger partial charge in [-0.2, -0.15) is 4.31 Å². The molecule has 1 amide bonds. The number of piperidine rings is 1. The van der Waals surface area contributed by atoms with Crippen LogP contribution in [-0.4, -0.2) is 38.0 Å². The van der Waals surface area contributed by atoms with E-state index in [1.54, 1.807) is 36.0 Å². The lowest BCUT2D eigenvalue weighted by molar-refractivity contribution is -0.120. The molecule has 0 radical (unpaired) electrons. The Morgan fingerprint density at radius 3 is 2.63 bits per heavy atom. The van der Waals surface area contributed by atoms with Gasteiger partial charge < -0.3 is 5.32 Å². The summed E-state index contributed by atoms with van der Waals surface area (Å²) in [6.07, 6.45) is 3.35. The molecule has 1 heterocycles. The van der Waals surface area contributed by atoms with Crippen molar-refractivity contribution in [2.24, 2.45) is 5.92 Å². The molecule has 0 bridgehead atoms. The predicted octanol–water partition coefficient (Wildman–Crippen LogP) is 3.76. The molecule has 1 aliphatic heterocycles. The highest BCUT2D eigenvalue weighted by atomic mass is 32.2. The third kappa shape index (κ3) is 4.72. The molecule has 3 rings (SSSR count). The van der Waals surface area contributed by atoms with Crippen molar-refractivity contribution >= 4 is 33.4 Å². The Morgan fingerprint density at radius 2 is 1.93 bits per heavy atom. The zero-order valence-corrected chi connectivity index (χ0v) is 17.1. The van der Waals surface area contributed by atoms with Crippen LogP contribution >= 0.6 is 11.8 Å². The van der Waals surface area contributed by atoms with E-state index in [2.05, 4.69) is 5.32 Å². The Balaban J connectivity index is 1.71. The van der Waals surface area contributed by atoms with Gasteiger partial charge in [-0.15, -0.1) is 11.8 Å². The van der Waals surface area contributed by atoms with Gasteiger partial charge >= 0.3 is 0 Å². The predicted molar refractivity (Wildman–Crippen MR) is 110 cm³/mol. The van der Waals surface area contributed by atoms with Crippen LogP contribution < -0.4 is 5.32 Å². The molecule has 1 saturated heterocycles. The molecular weight excluding hydrogens is 380 g/mol. The van der Waals surface area contributed by atoms with Crippen molar-refractivity contribution in [2.75, 3.05) is 24.7 Å². The fourth-order valence-electron chi connectivity index (χ4n) is 3.18. The van der Waals surface area contributed by atoms with E-state index in [1.165, 1.54) is 4.31 Å². The Morgan fingerprint density at radius 1 is 1.19 bits per heavy atom. The zero-order chi connectivity index (χ0) is 19.4. The average molecular weight is 405 g/mol. The highest BCUT2D eigenvalue weighted by Crippen LogP contribution is 2.26. The number of nitrogens with one attached hydrogen (secondary N) is 1. The van der Waals surface area contributed by atoms with E-state index >= 15 is 0 Å². The fourth-order valence-corrected chi connectivity index (χ4v) is 5.16. The van der Waals surface area contributed by atoms with Crippen LogP contribution in [0.15, 0.2) is 58.3 Å². The van der Waals surface area contributed by atoms with Gasteiger partial charge in [-0.25, -0.2) is 8.42 Å². The second-order valence-corrected chi connectivity index (χ2v) is 9.55. The quantitative estimate of drug-likeness (QED) is 0.771. The van der Waals surface area contributed by atoms with Gasteiger partial charge in [0.25, 0.3) is 0 Å². The maximum Gasteiger partial charge on any atom is 0.243 e. The van der Waals surface area contributed by atoms with Crippen molar-refractivity contribution in [1.29, 1.82) is 0 Å². The standard InChI is InChI=1S/C20H24N2O3S2/c1-15-8-10-19(11-9-15)27(24,25)22-12-4-5-16(14-22)20(23)21-17-6-3-7-18(13-17)26-2/h3,6-11,13,16H,4-5,12,14H2,1-2H3,(H,21,23)/t16-/m0/s1. The number of carbonyl (C=O) groups excluding carboxylic acids is 1. The zero-order valence-electron chi connectivity index (χ0n) is 15.5. The minimum absolute atomic E-state index is 0.128. The summed E-state index contributed by atoms with van der Waals surface area (Å²) in [5, 5.41) is 2.93. The Labute approximate surface area is 165 Å². The summed E-state index contributed by atoms with van der Waals surface area (Å²) in [5.41, 5.74) is 1.75. The van der Waals surface area contributed by atoms with Crippen LogP contribution in [0.5, 0.6) is 0 Å². The number of carbonyl (C=O) groups is 1. The number of rotatable bonds is 5. The van der Waals surface area contributed by atoms with Crippen molar-refractivity contribution in [3.05, 3.63) is 54.1 Å². The molecule has 0 spiro atoms. The lowest BCUT2D eigenvalue weighted by atomic mass is 9.99. The van der Waals surface area contributed by atoms with Crippen LogP contribution in [0.3, 0.4) is 0 Å². The summed E-state index contributed by atoms with van der Waals surface area (Å²) >= 11 is 1.61. The summed E-state index contributed by atoms with van der Waals surface area (Å²) in [4.78, 5) is 14.0. The fraction of sp³-hybridized carbons (Fsp3) is 0.350. The average Bonchev–Trinajstić information content (AvgIpc) is 2.68. The largest absolute Gasteiger partial charge is 0.326 e. The monoisotopic (exact) mass is 404 g/mol. The van der Waals surface area contributed by atoms with Gasteiger partial charge in [0, 0.05) is 23.7 Å². The summed E-state index contributed by atoms with van der Waals surface area (Å²) in [7, 11) is -3.58. The van der Waals surface area contributed by atoms with Crippen LogP contribution in [-0.2, 0) is 14.8 Å². The van der Waals surface area contributed by atoms with E-state index < -0.39 is 10.0 Å². The lowest BCUT2D eigenvalue weighted by Crippen LogP contribution is -2.43. The van der Waals surface area contributed by atoms with Crippen LogP contribution in [0.2, 0.25) is 0 Å². The number of anilines is 1. The highest BCUT2D eigenvalue weighted by molar-refractivity contribution is 7.98. The lowest BCUT2D eigenvalue weighted by Gasteiger charge is -2.31. The van der Waals surface area contributed by atoms with E-state index in [0.29, 0.717) is 19.4 Å². The molecule has 2 aromatic rings.